The first-order chi connectivity index (χ1) is 8.63. The van der Waals surface area contributed by atoms with Gasteiger partial charge in [-0.15, -0.1) is 0 Å². The third kappa shape index (κ3) is 2.10. The number of nitrogens with one attached hydrogen (secondary N) is 1. The van der Waals surface area contributed by atoms with Gasteiger partial charge in [-0.25, -0.2) is 4.79 Å². The summed E-state index contributed by atoms with van der Waals surface area (Å²) in [4.78, 5) is 22.8. The molecule has 0 atom stereocenters. The van der Waals surface area contributed by atoms with E-state index in [1.54, 1.807) is 6.08 Å². The molecule has 1 heterocycles. The van der Waals surface area contributed by atoms with Gasteiger partial charge in [-0.3, -0.25) is 4.79 Å². The summed E-state index contributed by atoms with van der Waals surface area (Å²) in [5, 5.41) is 12.2. The summed E-state index contributed by atoms with van der Waals surface area (Å²) >= 11 is 0. The second-order valence-corrected chi connectivity index (χ2v) is 3.64. The molecular formula is C13H11NO4. The number of ether oxygens (including phenoxy) is 1. The maximum atomic E-state index is 11.5. The minimum atomic E-state index is -0.860. The van der Waals surface area contributed by atoms with Gasteiger partial charge in [0.05, 0.1) is 12.8 Å². The van der Waals surface area contributed by atoms with E-state index < -0.39 is 17.6 Å². The van der Waals surface area contributed by atoms with Crippen molar-refractivity contribution in [2.45, 2.75) is 0 Å². The van der Waals surface area contributed by atoms with Crippen molar-refractivity contribution in [2.24, 2.45) is 0 Å². The third-order valence-electron chi connectivity index (χ3n) is 2.47. The van der Waals surface area contributed by atoms with Gasteiger partial charge in [0.15, 0.2) is 11.3 Å². The zero-order valence-corrected chi connectivity index (χ0v) is 9.64. The largest absolute Gasteiger partial charge is 0.505 e. The summed E-state index contributed by atoms with van der Waals surface area (Å²) in [5.41, 5.74) is 0.608. The Labute approximate surface area is 103 Å². The molecule has 0 radical (unpaired) electrons. The van der Waals surface area contributed by atoms with E-state index in [0.717, 1.165) is 12.7 Å². The van der Waals surface area contributed by atoms with Crippen LogP contribution < -0.4 is 5.32 Å². The standard InChI is InChI=1S/C13H11NO4/c1-18-13(17)10-11(15)9(14-12(10)16)7-8-5-3-2-4-6-8/h2-7,15H,1H3,(H,14,16)/b9-7+. The van der Waals surface area contributed by atoms with Gasteiger partial charge in [-0.2, -0.15) is 0 Å². The van der Waals surface area contributed by atoms with Crippen molar-refractivity contribution in [1.82, 2.24) is 5.32 Å². The Balaban J connectivity index is 2.39. The SMILES string of the molecule is COC(=O)C1=C(O)/C(=C\c2ccccc2)NC1=O. The van der Waals surface area contributed by atoms with Crippen molar-refractivity contribution in [2.75, 3.05) is 7.11 Å². The van der Waals surface area contributed by atoms with Gasteiger partial charge in [0.25, 0.3) is 5.91 Å². The first-order valence-electron chi connectivity index (χ1n) is 5.23. The second kappa shape index (κ2) is 4.75. The smallest absolute Gasteiger partial charge is 0.347 e. The average molecular weight is 245 g/mol. The highest BCUT2D eigenvalue weighted by Gasteiger charge is 2.33. The summed E-state index contributed by atoms with van der Waals surface area (Å²) in [7, 11) is 1.15. The molecule has 5 heteroatoms. The predicted octanol–water partition coefficient (Wildman–Crippen LogP) is 1.14. The molecule has 0 saturated carbocycles. The predicted molar refractivity (Wildman–Crippen MR) is 64.2 cm³/mol. The van der Waals surface area contributed by atoms with Gasteiger partial charge >= 0.3 is 5.97 Å². The second-order valence-electron chi connectivity index (χ2n) is 3.64. The number of methoxy groups -OCH3 is 1. The number of esters is 1. The highest BCUT2D eigenvalue weighted by Crippen LogP contribution is 2.21. The van der Waals surface area contributed by atoms with Crippen LogP contribution in [0.2, 0.25) is 0 Å². The first kappa shape index (κ1) is 11.9. The van der Waals surface area contributed by atoms with Crippen LogP contribution in [0.5, 0.6) is 0 Å². The van der Waals surface area contributed by atoms with Crippen LogP contribution in [0.4, 0.5) is 0 Å². The molecule has 1 amide bonds. The van der Waals surface area contributed by atoms with Gasteiger partial charge in [0, 0.05) is 0 Å². The Bertz CT molecular complexity index is 558. The van der Waals surface area contributed by atoms with Gasteiger partial charge in [0.1, 0.15) is 0 Å². The molecule has 1 aliphatic rings. The third-order valence-corrected chi connectivity index (χ3v) is 2.47. The lowest BCUT2D eigenvalue weighted by atomic mass is 10.1. The van der Waals surface area contributed by atoms with Crippen LogP contribution in [0, 0.1) is 0 Å². The lowest BCUT2D eigenvalue weighted by Gasteiger charge is -1.99. The molecule has 2 N–H and O–H groups in total. The average Bonchev–Trinajstić information content (AvgIpc) is 2.65. The summed E-state index contributed by atoms with van der Waals surface area (Å²) in [6, 6.07) is 9.12. The van der Waals surface area contributed by atoms with Crippen LogP contribution in [0.1, 0.15) is 5.56 Å². The molecule has 1 aromatic carbocycles. The van der Waals surface area contributed by atoms with Gasteiger partial charge in [-0.05, 0) is 11.6 Å². The fourth-order valence-electron chi connectivity index (χ4n) is 1.60. The molecule has 0 aromatic heterocycles. The first-order valence-corrected chi connectivity index (χ1v) is 5.23. The Kier molecular flexibility index (Phi) is 3.14. The maximum absolute atomic E-state index is 11.5. The number of carbonyl (C=O) groups is 2. The van der Waals surface area contributed by atoms with E-state index in [4.69, 9.17) is 0 Å². The Morgan fingerprint density at radius 3 is 2.61 bits per heavy atom. The van der Waals surface area contributed by atoms with E-state index in [0.29, 0.717) is 0 Å². The van der Waals surface area contributed by atoms with Crippen molar-refractivity contribution in [3.8, 4) is 0 Å². The molecule has 0 aliphatic carbocycles. The zero-order valence-electron chi connectivity index (χ0n) is 9.64. The van der Waals surface area contributed by atoms with Crippen LogP contribution in [0.25, 0.3) is 6.08 Å². The molecule has 1 aromatic rings. The van der Waals surface area contributed by atoms with E-state index in [1.165, 1.54) is 0 Å². The number of rotatable bonds is 2. The van der Waals surface area contributed by atoms with Crippen LogP contribution in [-0.2, 0) is 14.3 Å². The van der Waals surface area contributed by atoms with E-state index in [1.807, 2.05) is 30.3 Å². The van der Waals surface area contributed by atoms with Gasteiger partial charge < -0.3 is 15.2 Å². The molecular weight excluding hydrogens is 234 g/mol. The van der Waals surface area contributed by atoms with E-state index in [-0.39, 0.29) is 11.3 Å². The molecule has 2 rings (SSSR count). The number of hydrogen-bond donors (Lipinski definition) is 2. The Morgan fingerprint density at radius 2 is 2.00 bits per heavy atom. The van der Waals surface area contributed by atoms with Crippen molar-refractivity contribution in [1.29, 1.82) is 0 Å². The van der Waals surface area contributed by atoms with E-state index in [2.05, 4.69) is 10.1 Å². The normalized spacial score (nSPS) is 16.9. The zero-order chi connectivity index (χ0) is 13.1. The molecule has 92 valence electrons. The number of amides is 1. The molecule has 0 unspecified atom stereocenters. The number of aliphatic hydroxyl groups excluding tert-OH is 1. The maximum Gasteiger partial charge on any atom is 0.347 e. The molecule has 0 saturated heterocycles. The lowest BCUT2D eigenvalue weighted by molar-refractivity contribution is -0.137. The minimum absolute atomic E-state index is 0.187. The molecule has 0 bridgehead atoms. The van der Waals surface area contributed by atoms with Gasteiger partial charge in [-0.1, -0.05) is 30.3 Å². The fraction of sp³-hybridized carbons (Fsp3) is 0.0769. The Hall–Kier alpha value is -2.56. The number of hydrogen-bond acceptors (Lipinski definition) is 4. The fourth-order valence-corrected chi connectivity index (χ4v) is 1.60. The van der Waals surface area contributed by atoms with E-state index >= 15 is 0 Å². The highest BCUT2D eigenvalue weighted by molar-refractivity contribution is 6.20. The molecule has 0 fully saturated rings. The molecule has 0 spiro atoms. The van der Waals surface area contributed by atoms with Crippen LogP contribution >= 0.6 is 0 Å². The number of aliphatic hydroxyl groups is 1. The molecule has 5 nitrogen and oxygen atoms in total. The summed E-state index contributed by atoms with van der Waals surface area (Å²) in [5.74, 6) is -1.92. The number of carbonyl (C=O) groups excluding carboxylic acids is 2. The van der Waals surface area contributed by atoms with Crippen molar-refractivity contribution in [3.05, 3.63) is 52.9 Å². The van der Waals surface area contributed by atoms with Crippen LogP contribution in [-0.4, -0.2) is 24.1 Å². The highest BCUT2D eigenvalue weighted by atomic mass is 16.5. The Morgan fingerprint density at radius 1 is 1.33 bits per heavy atom. The summed E-state index contributed by atoms with van der Waals surface area (Å²) in [6.07, 6.45) is 1.57. The monoisotopic (exact) mass is 245 g/mol. The topological polar surface area (TPSA) is 75.6 Å². The van der Waals surface area contributed by atoms with Gasteiger partial charge in [0.2, 0.25) is 0 Å². The molecule has 18 heavy (non-hydrogen) atoms. The van der Waals surface area contributed by atoms with Crippen molar-refractivity contribution >= 4 is 18.0 Å². The summed E-state index contributed by atoms with van der Waals surface area (Å²) in [6.45, 7) is 0. The molecule has 1 aliphatic heterocycles. The summed E-state index contributed by atoms with van der Waals surface area (Å²) < 4.78 is 4.43. The van der Waals surface area contributed by atoms with Crippen molar-refractivity contribution < 1.29 is 19.4 Å². The minimum Gasteiger partial charge on any atom is -0.505 e. The van der Waals surface area contributed by atoms with Crippen LogP contribution in [0.15, 0.2) is 47.4 Å². The lowest BCUT2D eigenvalue weighted by Crippen LogP contribution is -2.20. The quantitative estimate of drug-likeness (QED) is 0.605. The van der Waals surface area contributed by atoms with Crippen molar-refractivity contribution in [3.63, 3.8) is 0 Å². The van der Waals surface area contributed by atoms with Crippen LogP contribution in [0.3, 0.4) is 0 Å². The number of benzene rings is 1. The van der Waals surface area contributed by atoms with E-state index in [9.17, 15) is 14.7 Å².